The second-order valence-corrected chi connectivity index (χ2v) is 6.70. The summed E-state index contributed by atoms with van der Waals surface area (Å²) < 4.78 is 3.62. The number of nitrogens with zero attached hydrogens (tertiary/aromatic N) is 4. The lowest BCUT2D eigenvalue weighted by molar-refractivity contribution is 0.0866. The Kier molecular flexibility index (Phi) is 4.53. The molecule has 0 bridgehead atoms. The van der Waals surface area contributed by atoms with Crippen LogP contribution in [0.5, 0.6) is 0 Å². The Balaban J connectivity index is 1.43. The molecule has 0 radical (unpaired) electrons. The molecule has 2 aromatic heterocycles. The van der Waals surface area contributed by atoms with Crippen molar-refractivity contribution in [3.8, 4) is 5.69 Å². The molecule has 1 amide bonds. The van der Waals surface area contributed by atoms with Crippen LogP contribution in [0.1, 0.15) is 23.3 Å². The Labute approximate surface area is 151 Å². The molecule has 134 valence electrons. The standard InChI is InChI=1S/C19H21N5O2/c25-18-10-14(12-23-8-4-7-21-23)9-16(18)22-19(26)17-11-20-13-24(17)15-5-2-1-3-6-15/h1-8,11,13-14,16,18,25H,9-10,12H2,(H,22,26)/t14?,16-,18-/m1/s1. The molecule has 2 heterocycles. The van der Waals surface area contributed by atoms with Gasteiger partial charge in [0.1, 0.15) is 5.69 Å². The zero-order valence-corrected chi connectivity index (χ0v) is 14.3. The lowest BCUT2D eigenvalue weighted by Gasteiger charge is -2.17. The van der Waals surface area contributed by atoms with Crippen LogP contribution in [-0.2, 0) is 6.54 Å². The van der Waals surface area contributed by atoms with Gasteiger partial charge in [0, 0.05) is 24.6 Å². The molecule has 1 saturated carbocycles. The highest BCUT2D eigenvalue weighted by molar-refractivity contribution is 5.93. The van der Waals surface area contributed by atoms with E-state index in [9.17, 15) is 9.90 Å². The zero-order valence-electron chi connectivity index (χ0n) is 14.3. The van der Waals surface area contributed by atoms with Crippen molar-refractivity contribution in [1.82, 2.24) is 24.6 Å². The minimum atomic E-state index is -0.549. The summed E-state index contributed by atoms with van der Waals surface area (Å²) in [4.78, 5) is 16.8. The average Bonchev–Trinajstić information content (AvgIpc) is 3.38. The number of aromatic nitrogens is 4. The van der Waals surface area contributed by atoms with E-state index in [4.69, 9.17) is 0 Å². The number of aliphatic hydroxyl groups is 1. The number of imidazole rings is 1. The first kappa shape index (κ1) is 16.5. The maximum absolute atomic E-state index is 12.7. The van der Waals surface area contributed by atoms with E-state index >= 15 is 0 Å². The number of benzene rings is 1. The molecular weight excluding hydrogens is 330 g/mol. The van der Waals surface area contributed by atoms with Crippen LogP contribution in [0.15, 0.2) is 61.3 Å². The molecule has 1 aliphatic rings. The summed E-state index contributed by atoms with van der Waals surface area (Å²) in [6.45, 7) is 0.748. The molecule has 2 N–H and O–H groups in total. The SMILES string of the molecule is O=C(N[C@@H]1CC(Cn2cccn2)C[C@H]1O)c1cncn1-c1ccccc1. The van der Waals surface area contributed by atoms with Gasteiger partial charge in [-0.1, -0.05) is 18.2 Å². The summed E-state index contributed by atoms with van der Waals surface area (Å²) in [7, 11) is 0. The second kappa shape index (κ2) is 7.13. The van der Waals surface area contributed by atoms with Gasteiger partial charge in [0.15, 0.2) is 0 Å². The molecule has 7 nitrogen and oxygen atoms in total. The van der Waals surface area contributed by atoms with E-state index in [1.54, 1.807) is 23.3 Å². The summed E-state index contributed by atoms with van der Waals surface area (Å²) >= 11 is 0. The summed E-state index contributed by atoms with van der Waals surface area (Å²) in [6.07, 6.45) is 7.66. The van der Waals surface area contributed by atoms with Crippen LogP contribution in [0.25, 0.3) is 5.69 Å². The van der Waals surface area contributed by atoms with E-state index in [1.165, 1.54) is 0 Å². The minimum Gasteiger partial charge on any atom is -0.391 e. The molecule has 3 atom stereocenters. The third-order valence-corrected chi connectivity index (χ3v) is 4.85. The molecular formula is C19H21N5O2. The topological polar surface area (TPSA) is 85.0 Å². The molecule has 26 heavy (non-hydrogen) atoms. The van der Waals surface area contributed by atoms with Gasteiger partial charge in [-0.3, -0.25) is 14.0 Å². The van der Waals surface area contributed by atoms with Crippen molar-refractivity contribution in [3.05, 3.63) is 67.0 Å². The predicted octanol–water partition coefficient (Wildman–Crippen LogP) is 1.64. The van der Waals surface area contributed by atoms with Gasteiger partial charge < -0.3 is 10.4 Å². The molecule has 1 fully saturated rings. The smallest absolute Gasteiger partial charge is 0.270 e. The van der Waals surface area contributed by atoms with Gasteiger partial charge >= 0.3 is 0 Å². The fourth-order valence-electron chi connectivity index (χ4n) is 3.60. The van der Waals surface area contributed by atoms with Crippen LogP contribution < -0.4 is 5.32 Å². The number of hydrogen-bond acceptors (Lipinski definition) is 4. The zero-order chi connectivity index (χ0) is 17.9. The molecule has 0 aliphatic heterocycles. The molecule has 1 aliphatic carbocycles. The molecule has 3 aromatic rings. The van der Waals surface area contributed by atoms with Crippen LogP contribution in [0.3, 0.4) is 0 Å². The summed E-state index contributed by atoms with van der Waals surface area (Å²) in [5.74, 6) is 0.0596. The highest BCUT2D eigenvalue weighted by Gasteiger charge is 2.34. The maximum atomic E-state index is 12.7. The van der Waals surface area contributed by atoms with Crippen molar-refractivity contribution >= 4 is 5.91 Å². The number of nitrogens with one attached hydrogen (secondary N) is 1. The van der Waals surface area contributed by atoms with Crippen molar-refractivity contribution in [1.29, 1.82) is 0 Å². The Hall–Kier alpha value is -2.93. The number of para-hydroxylation sites is 1. The van der Waals surface area contributed by atoms with Gasteiger partial charge in [-0.15, -0.1) is 0 Å². The first-order valence-electron chi connectivity index (χ1n) is 8.75. The van der Waals surface area contributed by atoms with Gasteiger partial charge in [0.05, 0.1) is 24.7 Å². The second-order valence-electron chi connectivity index (χ2n) is 6.70. The Morgan fingerprint density at radius 3 is 2.85 bits per heavy atom. The predicted molar refractivity (Wildman–Crippen MR) is 95.8 cm³/mol. The quantitative estimate of drug-likeness (QED) is 0.732. The fourth-order valence-corrected chi connectivity index (χ4v) is 3.60. The normalized spacial score (nSPS) is 22.4. The monoisotopic (exact) mass is 351 g/mol. The number of carbonyl (C=O) groups is 1. The summed E-state index contributed by atoms with van der Waals surface area (Å²) in [6, 6.07) is 11.2. The van der Waals surface area contributed by atoms with E-state index in [0.29, 0.717) is 12.1 Å². The molecule has 1 aromatic carbocycles. The molecule has 0 spiro atoms. The van der Waals surface area contributed by atoms with E-state index in [0.717, 1.165) is 18.7 Å². The highest BCUT2D eigenvalue weighted by Crippen LogP contribution is 2.27. The van der Waals surface area contributed by atoms with Crippen LogP contribution in [0.4, 0.5) is 0 Å². The van der Waals surface area contributed by atoms with Gasteiger partial charge in [-0.2, -0.15) is 5.10 Å². The van der Waals surface area contributed by atoms with E-state index in [1.807, 2.05) is 47.3 Å². The number of amides is 1. The van der Waals surface area contributed by atoms with E-state index in [2.05, 4.69) is 15.4 Å². The van der Waals surface area contributed by atoms with Gasteiger partial charge in [-0.25, -0.2) is 4.98 Å². The van der Waals surface area contributed by atoms with Crippen LogP contribution >= 0.6 is 0 Å². The van der Waals surface area contributed by atoms with Crippen molar-refractivity contribution < 1.29 is 9.90 Å². The fraction of sp³-hybridized carbons (Fsp3) is 0.316. The molecule has 0 saturated heterocycles. The van der Waals surface area contributed by atoms with Gasteiger partial charge in [0.2, 0.25) is 0 Å². The number of carbonyl (C=O) groups excluding carboxylic acids is 1. The molecule has 7 heteroatoms. The van der Waals surface area contributed by atoms with E-state index < -0.39 is 6.10 Å². The Morgan fingerprint density at radius 1 is 1.23 bits per heavy atom. The molecule has 1 unspecified atom stereocenters. The first-order valence-corrected chi connectivity index (χ1v) is 8.75. The average molecular weight is 351 g/mol. The largest absolute Gasteiger partial charge is 0.391 e. The third kappa shape index (κ3) is 3.39. The van der Waals surface area contributed by atoms with Gasteiger partial charge in [0.25, 0.3) is 5.91 Å². The minimum absolute atomic E-state index is 0.227. The Morgan fingerprint density at radius 2 is 2.08 bits per heavy atom. The van der Waals surface area contributed by atoms with Gasteiger partial charge in [-0.05, 0) is 37.0 Å². The van der Waals surface area contributed by atoms with Crippen LogP contribution in [-0.4, -0.2) is 42.5 Å². The van der Waals surface area contributed by atoms with Crippen LogP contribution in [0, 0.1) is 5.92 Å². The third-order valence-electron chi connectivity index (χ3n) is 4.85. The first-order chi connectivity index (χ1) is 12.7. The van der Waals surface area contributed by atoms with Crippen LogP contribution in [0.2, 0.25) is 0 Å². The summed E-state index contributed by atoms with van der Waals surface area (Å²) in [5.41, 5.74) is 1.33. The number of aliphatic hydroxyl groups excluding tert-OH is 1. The highest BCUT2D eigenvalue weighted by atomic mass is 16.3. The van der Waals surface area contributed by atoms with Crippen molar-refractivity contribution in [2.75, 3.05) is 0 Å². The van der Waals surface area contributed by atoms with Crippen molar-refractivity contribution in [2.45, 2.75) is 31.5 Å². The van der Waals surface area contributed by atoms with E-state index in [-0.39, 0.29) is 17.9 Å². The molecule has 4 rings (SSSR count). The summed E-state index contributed by atoms with van der Waals surface area (Å²) in [5, 5.41) is 17.5. The number of hydrogen-bond donors (Lipinski definition) is 2. The van der Waals surface area contributed by atoms with Crippen molar-refractivity contribution in [2.24, 2.45) is 5.92 Å². The van der Waals surface area contributed by atoms with Crippen molar-refractivity contribution in [3.63, 3.8) is 0 Å². The Bertz CT molecular complexity index is 859. The number of rotatable bonds is 5. The lowest BCUT2D eigenvalue weighted by Crippen LogP contribution is -2.40. The lowest BCUT2D eigenvalue weighted by atomic mass is 10.1. The maximum Gasteiger partial charge on any atom is 0.270 e.